The van der Waals surface area contributed by atoms with Gasteiger partial charge in [-0.25, -0.2) is 9.59 Å². The molecule has 0 radical (unpaired) electrons. The maximum atomic E-state index is 13.1. The number of hydrogen-bond donors (Lipinski definition) is 1. The summed E-state index contributed by atoms with van der Waals surface area (Å²) in [5, 5.41) is 12.3. The summed E-state index contributed by atoms with van der Waals surface area (Å²) in [6.45, 7) is 7.43. The van der Waals surface area contributed by atoms with E-state index in [1.165, 1.54) is 0 Å². The highest BCUT2D eigenvalue weighted by Gasteiger charge is 2.52. The van der Waals surface area contributed by atoms with Crippen molar-refractivity contribution in [2.45, 2.75) is 39.2 Å². The fraction of sp³-hybridized carbons (Fsp3) is 0.360. The second-order valence-corrected chi connectivity index (χ2v) is 7.69. The summed E-state index contributed by atoms with van der Waals surface area (Å²) in [6, 6.07) is 15.1. The summed E-state index contributed by atoms with van der Waals surface area (Å²) in [4.78, 5) is 26.1. The van der Waals surface area contributed by atoms with Gasteiger partial charge in [0.25, 0.3) is 5.60 Å². The summed E-state index contributed by atoms with van der Waals surface area (Å²) in [6.07, 6.45) is 0. The highest BCUT2D eigenvalue weighted by molar-refractivity contribution is 6.10. The lowest BCUT2D eigenvalue weighted by Gasteiger charge is -2.26. The van der Waals surface area contributed by atoms with Gasteiger partial charge in [-0.3, -0.25) is 0 Å². The maximum Gasteiger partial charge on any atom is 0.355 e. The van der Waals surface area contributed by atoms with Gasteiger partial charge in [-0.2, -0.15) is 0 Å². The summed E-state index contributed by atoms with van der Waals surface area (Å²) in [7, 11) is 1.86. The highest BCUT2D eigenvalue weighted by atomic mass is 16.6. The van der Waals surface area contributed by atoms with Crippen LogP contribution in [0.4, 0.5) is 0 Å². The largest absolute Gasteiger partial charge is 0.463 e. The minimum Gasteiger partial charge on any atom is -0.463 e. The smallest absolute Gasteiger partial charge is 0.355 e. The molecule has 0 aliphatic carbocycles. The fourth-order valence-electron chi connectivity index (χ4n) is 4.05. The zero-order valence-corrected chi connectivity index (χ0v) is 18.6. The number of benzene rings is 2. The standard InChI is InChI=1S/C25H29NO5/c1-6-30-23(27)25(29,24(28)31-7-2)21-19-14-10-11-15-20(19)26(5)22(21)18-13-9-8-12-17(18)16(3)4/h8-16,29H,6-7H2,1-5H3. The van der Waals surface area contributed by atoms with Crippen LogP contribution >= 0.6 is 0 Å². The molecule has 0 fully saturated rings. The molecule has 0 saturated carbocycles. The third kappa shape index (κ3) is 3.72. The van der Waals surface area contributed by atoms with Gasteiger partial charge in [0, 0.05) is 29.1 Å². The average Bonchev–Trinajstić information content (AvgIpc) is 3.06. The van der Waals surface area contributed by atoms with E-state index in [4.69, 9.17) is 9.47 Å². The lowest BCUT2D eigenvalue weighted by atomic mass is 9.86. The molecule has 0 aliphatic rings. The van der Waals surface area contributed by atoms with E-state index in [2.05, 4.69) is 13.8 Å². The molecule has 0 spiro atoms. The lowest BCUT2D eigenvalue weighted by molar-refractivity contribution is -0.184. The normalized spacial score (nSPS) is 11.7. The first-order valence-electron chi connectivity index (χ1n) is 10.5. The zero-order valence-electron chi connectivity index (χ0n) is 18.6. The third-order valence-corrected chi connectivity index (χ3v) is 5.45. The molecule has 3 rings (SSSR count). The molecule has 0 atom stereocenters. The van der Waals surface area contributed by atoms with Crippen LogP contribution in [0.5, 0.6) is 0 Å². The van der Waals surface area contributed by atoms with E-state index in [0.717, 1.165) is 16.6 Å². The van der Waals surface area contributed by atoms with Crippen LogP contribution < -0.4 is 0 Å². The molecular weight excluding hydrogens is 394 g/mol. The predicted octanol–water partition coefficient (Wildman–Crippen LogP) is 4.28. The van der Waals surface area contributed by atoms with Crippen molar-refractivity contribution in [2.75, 3.05) is 13.2 Å². The summed E-state index contributed by atoms with van der Waals surface area (Å²) >= 11 is 0. The van der Waals surface area contributed by atoms with Crippen LogP contribution in [0.3, 0.4) is 0 Å². The number of aromatic nitrogens is 1. The predicted molar refractivity (Wildman–Crippen MR) is 120 cm³/mol. The van der Waals surface area contributed by atoms with Crippen LogP contribution in [-0.2, 0) is 31.7 Å². The van der Waals surface area contributed by atoms with Crippen LogP contribution in [-0.4, -0.2) is 34.8 Å². The van der Waals surface area contributed by atoms with Crippen molar-refractivity contribution in [3.05, 3.63) is 59.7 Å². The van der Waals surface area contributed by atoms with E-state index in [9.17, 15) is 14.7 Å². The van der Waals surface area contributed by atoms with Gasteiger partial charge in [-0.1, -0.05) is 56.3 Å². The summed E-state index contributed by atoms with van der Waals surface area (Å²) in [5.74, 6) is -1.92. The van der Waals surface area contributed by atoms with Crippen LogP contribution in [0.2, 0.25) is 0 Å². The number of aryl methyl sites for hydroxylation is 1. The maximum absolute atomic E-state index is 13.1. The molecule has 0 unspecified atom stereocenters. The Morgan fingerprint density at radius 2 is 1.52 bits per heavy atom. The first kappa shape index (κ1) is 22.6. The van der Waals surface area contributed by atoms with Crippen molar-refractivity contribution in [1.29, 1.82) is 0 Å². The van der Waals surface area contributed by atoms with Gasteiger partial charge in [0.05, 0.1) is 18.9 Å². The van der Waals surface area contributed by atoms with Gasteiger partial charge in [-0.05, 0) is 31.4 Å². The molecule has 6 heteroatoms. The number of esters is 2. The third-order valence-electron chi connectivity index (χ3n) is 5.45. The van der Waals surface area contributed by atoms with Crippen molar-refractivity contribution in [3.63, 3.8) is 0 Å². The van der Waals surface area contributed by atoms with E-state index in [1.807, 2.05) is 48.0 Å². The Morgan fingerprint density at radius 3 is 2.10 bits per heavy atom. The number of carbonyl (C=O) groups excluding carboxylic acids is 2. The molecule has 0 amide bonds. The quantitative estimate of drug-likeness (QED) is 0.453. The molecule has 6 nitrogen and oxygen atoms in total. The van der Waals surface area contributed by atoms with Gasteiger partial charge < -0.3 is 19.1 Å². The van der Waals surface area contributed by atoms with E-state index in [-0.39, 0.29) is 24.7 Å². The monoisotopic (exact) mass is 423 g/mol. The number of rotatable bonds is 7. The molecule has 1 heterocycles. The minimum absolute atomic E-state index is 0.0171. The highest BCUT2D eigenvalue weighted by Crippen LogP contribution is 2.43. The first-order chi connectivity index (χ1) is 14.8. The van der Waals surface area contributed by atoms with Crippen molar-refractivity contribution in [1.82, 2.24) is 4.57 Å². The van der Waals surface area contributed by atoms with Crippen molar-refractivity contribution in [3.8, 4) is 11.3 Å². The second-order valence-electron chi connectivity index (χ2n) is 7.69. The Morgan fingerprint density at radius 1 is 0.968 bits per heavy atom. The number of nitrogens with zero attached hydrogens (tertiary/aromatic N) is 1. The van der Waals surface area contributed by atoms with Gasteiger partial charge >= 0.3 is 11.9 Å². The molecule has 1 aromatic heterocycles. The molecule has 3 aromatic rings. The first-order valence-corrected chi connectivity index (χ1v) is 10.5. The SMILES string of the molecule is CCOC(=O)C(O)(C(=O)OCC)c1c(-c2ccccc2C(C)C)n(C)c2ccccc12. The molecule has 164 valence electrons. The number of ether oxygens (including phenoxy) is 2. The lowest BCUT2D eigenvalue weighted by Crippen LogP contribution is -2.46. The Labute approximate surface area is 182 Å². The van der Waals surface area contributed by atoms with E-state index >= 15 is 0 Å². The zero-order chi connectivity index (χ0) is 22.8. The van der Waals surface area contributed by atoms with Crippen LogP contribution in [0.15, 0.2) is 48.5 Å². The number of fused-ring (bicyclic) bond motifs is 1. The topological polar surface area (TPSA) is 77.8 Å². The summed E-state index contributed by atoms with van der Waals surface area (Å²) < 4.78 is 12.2. The van der Waals surface area contributed by atoms with Crippen molar-refractivity contribution < 1.29 is 24.2 Å². The number of aliphatic hydroxyl groups is 1. The number of carbonyl (C=O) groups is 2. The van der Waals surface area contributed by atoms with Gasteiger partial charge in [0.1, 0.15) is 0 Å². The second kappa shape index (κ2) is 8.94. The number of hydrogen-bond acceptors (Lipinski definition) is 5. The Balaban J connectivity index is 2.48. The Bertz CT molecular complexity index is 1090. The van der Waals surface area contributed by atoms with E-state index in [0.29, 0.717) is 11.1 Å². The van der Waals surface area contributed by atoms with Crippen LogP contribution in [0, 0.1) is 0 Å². The van der Waals surface area contributed by atoms with Crippen molar-refractivity contribution >= 4 is 22.8 Å². The van der Waals surface area contributed by atoms with E-state index < -0.39 is 17.5 Å². The fourth-order valence-corrected chi connectivity index (χ4v) is 4.05. The van der Waals surface area contributed by atoms with Gasteiger partial charge in [-0.15, -0.1) is 0 Å². The van der Waals surface area contributed by atoms with Gasteiger partial charge in [0.2, 0.25) is 0 Å². The van der Waals surface area contributed by atoms with Crippen LogP contribution in [0.1, 0.15) is 44.7 Å². The van der Waals surface area contributed by atoms with E-state index in [1.54, 1.807) is 26.0 Å². The number of para-hydroxylation sites is 1. The minimum atomic E-state index is -2.60. The van der Waals surface area contributed by atoms with Crippen LogP contribution in [0.25, 0.3) is 22.2 Å². The Hall–Kier alpha value is -3.12. The molecule has 2 aromatic carbocycles. The van der Waals surface area contributed by atoms with Crippen molar-refractivity contribution in [2.24, 2.45) is 7.05 Å². The van der Waals surface area contributed by atoms with Gasteiger partial charge in [0.15, 0.2) is 0 Å². The molecule has 0 saturated heterocycles. The average molecular weight is 424 g/mol. The molecule has 0 aliphatic heterocycles. The Kier molecular flexibility index (Phi) is 6.51. The molecule has 0 bridgehead atoms. The molecule has 31 heavy (non-hydrogen) atoms. The molecule has 1 N–H and O–H groups in total. The summed E-state index contributed by atoms with van der Waals surface area (Å²) in [5.41, 5.74) is 0.789. The molecular formula is C25H29NO5.